The number of alkyl halides is 2. The van der Waals surface area contributed by atoms with Crippen LogP contribution in [0.3, 0.4) is 0 Å². The molecule has 0 atom stereocenters. The van der Waals surface area contributed by atoms with E-state index in [0.29, 0.717) is 22.4 Å². The zero-order valence-corrected chi connectivity index (χ0v) is 10.1. The maximum Gasteiger partial charge on any atom is 0.255 e. The molecule has 1 aromatic heterocycles. The van der Waals surface area contributed by atoms with Crippen molar-refractivity contribution in [3.8, 4) is 0 Å². The number of nitrogens with two attached hydrogens (primary N) is 1. The van der Waals surface area contributed by atoms with Crippen molar-refractivity contribution in [3.63, 3.8) is 0 Å². The number of aromatic nitrogens is 2. The Morgan fingerprint density at radius 1 is 1.32 bits per heavy atom. The molecule has 0 radical (unpaired) electrons. The molecule has 0 saturated carbocycles. The first-order chi connectivity index (χ1) is 9.11. The number of aliphatic hydroxyl groups is 1. The van der Waals surface area contributed by atoms with Gasteiger partial charge in [0.15, 0.2) is 0 Å². The normalized spacial score (nSPS) is 11.2. The van der Waals surface area contributed by atoms with E-state index in [2.05, 4.69) is 9.97 Å². The summed E-state index contributed by atoms with van der Waals surface area (Å²) in [7, 11) is 0. The van der Waals surface area contributed by atoms with Crippen LogP contribution in [0.1, 0.15) is 0 Å². The Labute approximate surface area is 108 Å². The van der Waals surface area contributed by atoms with Crippen LogP contribution in [0.5, 0.6) is 0 Å². The molecule has 1 aromatic carbocycles. The van der Waals surface area contributed by atoms with E-state index >= 15 is 0 Å². The number of rotatable bonds is 5. The van der Waals surface area contributed by atoms with Gasteiger partial charge in [-0.15, -0.1) is 0 Å². The largest absolute Gasteiger partial charge is 0.399 e. The van der Waals surface area contributed by atoms with Gasteiger partial charge in [-0.05, 0) is 18.2 Å². The van der Waals surface area contributed by atoms with Crippen LogP contribution in [0, 0.1) is 0 Å². The molecule has 5 nitrogen and oxygen atoms in total. The van der Waals surface area contributed by atoms with Gasteiger partial charge in [0.05, 0.1) is 18.7 Å². The van der Waals surface area contributed by atoms with Gasteiger partial charge in [0.2, 0.25) is 0 Å². The van der Waals surface area contributed by atoms with E-state index < -0.39 is 13.0 Å². The fourth-order valence-corrected chi connectivity index (χ4v) is 1.88. The van der Waals surface area contributed by atoms with Crippen molar-refractivity contribution in [3.05, 3.63) is 24.5 Å². The highest BCUT2D eigenvalue weighted by molar-refractivity contribution is 5.91. The molecule has 19 heavy (non-hydrogen) atoms. The van der Waals surface area contributed by atoms with Crippen molar-refractivity contribution in [2.24, 2.45) is 0 Å². The van der Waals surface area contributed by atoms with Crippen LogP contribution >= 0.6 is 0 Å². The Morgan fingerprint density at radius 3 is 2.79 bits per heavy atom. The Balaban J connectivity index is 2.46. The molecule has 0 saturated heterocycles. The fraction of sp³-hybridized carbons (Fsp3) is 0.333. The van der Waals surface area contributed by atoms with Crippen molar-refractivity contribution in [1.82, 2.24) is 9.97 Å². The van der Waals surface area contributed by atoms with E-state index in [1.165, 1.54) is 11.2 Å². The van der Waals surface area contributed by atoms with Gasteiger partial charge in [-0.3, -0.25) is 0 Å². The number of fused-ring (bicyclic) bond motifs is 1. The first-order valence-electron chi connectivity index (χ1n) is 5.76. The van der Waals surface area contributed by atoms with Gasteiger partial charge in [0.25, 0.3) is 6.43 Å². The molecule has 0 aliphatic heterocycles. The average molecular weight is 268 g/mol. The SMILES string of the molecule is Nc1ccc2c(N(CCO)CC(F)F)ncnc2c1. The lowest BCUT2D eigenvalue weighted by Gasteiger charge is -2.23. The van der Waals surface area contributed by atoms with Crippen LogP contribution < -0.4 is 10.6 Å². The molecule has 2 aromatic rings. The number of nitrogens with zero attached hydrogens (tertiary/aromatic N) is 3. The fourth-order valence-electron chi connectivity index (χ4n) is 1.88. The summed E-state index contributed by atoms with van der Waals surface area (Å²) in [5, 5.41) is 9.61. The molecule has 2 rings (SSSR count). The van der Waals surface area contributed by atoms with Gasteiger partial charge in [0, 0.05) is 17.6 Å². The molecule has 0 fully saturated rings. The topological polar surface area (TPSA) is 75.3 Å². The molecule has 0 bridgehead atoms. The first-order valence-corrected chi connectivity index (χ1v) is 5.76. The van der Waals surface area contributed by atoms with Gasteiger partial charge in [-0.1, -0.05) is 0 Å². The minimum absolute atomic E-state index is 0.0842. The highest BCUT2D eigenvalue weighted by Crippen LogP contribution is 2.24. The molecular formula is C12H14F2N4O. The summed E-state index contributed by atoms with van der Waals surface area (Å²) in [6.45, 7) is -0.634. The second-order valence-corrected chi connectivity index (χ2v) is 4.03. The minimum Gasteiger partial charge on any atom is -0.399 e. The van der Waals surface area contributed by atoms with E-state index in [4.69, 9.17) is 10.8 Å². The number of hydrogen-bond donors (Lipinski definition) is 2. The maximum atomic E-state index is 12.6. The van der Waals surface area contributed by atoms with Gasteiger partial charge < -0.3 is 15.7 Å². The van der Waals surface area contributed by atoms with Gasteiger partial charge >= 0.3 is 0 Å². The smallest absolute Gasteiger partial charge is 0.255 e. The van der Waals surface area contributed by atoms with E-state index in [1.54, 1.807) is 18.2 Å². The predicted molar refractivity (Wildman–Crippen MR) is 69.3 cm³/mol. The third-order valence-corrected chi connectivity index (χ3v) is 2.67. The van der Waals surface area contributed by atoms with Crippen LogP contribution in [0.4, 0.5) is 20.3 Å². The van der Waals surface area contributed by atoms with Crippen LogP contribution in [-0.4, -0.2) is 41.2 Å². The summed E-state index contributed by atoms with van der Waals surface area (Å²) < 4.78 is 25.1. The Kier molecular flexibility index (Phi) is 4.06. The molecule has 7 heteroatoms. The predicted octanol–water partition coefficient (Wildman–Crippen LogP) is 1.28. The van der Waals surface area contributed by atoms with Gasteiger partial charge in [-0.2, -0.15) is 0 Å². The molecule has 3 N–H and O–H groups in total. The van der Waals surface area contributed by atoms with Gasteiger partial charge in [0.1, 0.15) is 12.1 Å². The van der Waals surface area contributed by atoms with Gasteiger partial charge in [-0.25, -0.2) is 18.7 Å². The standard InChI is InChI=1S/C12H14F2N4O/c13-11(14)6-18(3-4-19)12-9-2-1-8(15)5-10(9)16-7-17-12/h1-2,5,7,11,19H,3-4,6,15H2. The summed E-state index contributed by atoms with van der Waals surface area (Å²) in [6, 6.07) is 5.00. The van der Waals surface area contributed by atoms with E-state index in [-0.39, 0.29) is 13.2 Å². The molecule has 0 aliphatic rings. The van der Waals surface area contributed by atoms with Crippen molar-refractivity contribution in [2.75, 3.05) is 30.3 Å². The average Bonchev–Trinajstić information content (AvgIpc) is 2.36. The summed E-state index contributed by atoms with van der Waals surface area (Å²) in [5.41, 5.74) is 6.78. The molecular weight excluding hydrogens is 254 g/mol. The van der Waals surface area contributed by atoms with Crippen molar-refractivity contribution >= 4 is 22.4 Å². The maximum absolute atomic E-state index is 12.6. The zero-order valence-electron chi connectivity index (χ0n) is 10.1. The van der Waals surface area contributed by atoms with Crippen molar-refractivity contribution in [2.45, 2.75) is 6.43 Å². The van der Waals surface area contributed by atoms with Crippen molar-refractivity contribution in [1.29, 1.82) is 0 Å². The number of benzene rings is 1. The van der Waals surface area contributed by atoms with E-state index in [1.807, 2.05) is 0 Å². The van der Waals surface area contributed by atoms with Crippen molar-refractivity contribution < 1.29 is 13.9 Å². The van der Waals surface area contributed by atoms with E-state index in [9.17, 15) is 8.78 Å². The van der Waals surface area contributed by atoms with Crippen LogP contribution in [0.15, 0.2) is 24.5 Å². The lowest BCUT2D eigenvalue weighted by Crippen LogP contribution is -2.32. The highest BCUT2D eigenvalue weighted by Gasteiger charge is 2.16. The lowest BCUT2D eigenvalue weighted by molar-refractivity contribution is 0.152. The summed E-state index contributed by atoms with van der Waals surface area (Å²) in [6.07, 6.45) is -1.21. The lowest BCUT2D eigenvalue weighted by atomic mass is 10.2. The Hall–Kier alpha value is -2.02. The Bertz CT molecular complexity index is 564. The number of nitrogen functional groups attached to an aromatic ring is 1. The first kappa shape index (κ1) is 13.4. The molecule has 0 unspecified atom stereocenters. The minimum atomic E-state index is -2.51. The number of hydrogen-bond acceptors (Lipinski definition) is 5. The number of anilines is 2. The number of aliphatic hydroxyl groups excluding tert-OH is 1. The molecule has 102 valence electrons. The summed E-state index contributed by atoms with van der Waals surface area (Å²) in [4.78, 5) is 9.43. The van der Waals surface area contributed by atoms with Crippen LogP contribution in [0.2, 0.25) is 0 Å². The third-order valence-electron chi connectivity index (χ3n) is 2.67. The summed E-state index contributed by atoms with van der Waals surface area (Å²) in [5.74, 6) is 0.374. The molecule has 0 spiro atoms. The zero-order chi connectivity index (χ0) is 13.8. The second kappa shape index (κ2) is 5.75. The van der Waals surface area contributed by atoms with Crippen LogP contribution in [-0.2, 0) is 0 Å². The quantitative estimate of drug-likeness (QED) is 0.799. The molecule has 1 heterocycles. The monoisotopic (exact) mass is 268 g/mol. The van der Waals surface area contributed by atoms with Crippen LogP contribution in [0.25, 0.3) is 10.9 Å². The molecule has 0 aliphatic carbocycles. The highest BCUT2D eigenvalue weighted by atomic mass is 19.3. The Morgan fingerprint density at radius 2 is 2.11 bits per heavy atom. The second-order valence-electron chi connectivity index (χ2n) is 4.03. The number of halogens is 2. The van der Waals surface area contributed by atoms with E-state index in [0.717, 1.165) is 0 Å². The third kappa shape index (κ3) is 3.05. The molecule has 0 amide bonds. The summed E-state index contributed by atoms with van der Waals surface area (Å²) >= 11 is 0.